The van der Waals surface area contributed by atoms with Crippen molar-refractivity contribution < 1.29 is 9.47 Å². The summed E-state index contributed by atoms with van der Waals surface area (Å²) in [7, 11) is 3.20. The van der Waals surface area contributed by atoms with E-state index in [1.807, 2.05) is 41.2 Å². The van der Waals surface area contributed by atoms with Crippen LogP contribution < -0.4 is 14.8 Å². The summed E-state index contributed by atoms with van der Waals surface area (Å²) in [4.78, 5) is 4.43. The molecule has 146 valence electrons. The Hall–Kier alpha value is -2.57. The van der Waals surface area contributed by atoms with E-state index in [0.717, 1.165) is 30.6 Å². The van der Waals surface area contributed by atoms with Crippen LogP contribution in [-0.2, 0) is 13.0 Å². The summed E-state index contributed by atoms with van der Waals surface area (Å²) >= 11 is 6.33. The van der Waals surface area contributed by atoms with E-state index < -0.39 is 0 Å². The lowest BCUT2D eigenvalue weighted by atomic mass is 9.92. The number of fused-ring (bicyclic) bond motifs is 1. The highest BCUT2D eigenvalue weighted by atomic mass is 35.5. The number of methoxy groups -OCH3 is 2. The second-order valence-electron chi connectivity index (χ2n) is 6.79. The SMILES string of the molecule is COc1cc(CNC2CCCc3c2cnn3-c2ccccn2)cc(Cl)c1OC. The summed E-state index contributed by atoms with van der Waals surface area (Å²) in [6.07, 6.45) is 6.94. The fourth-order valence-electron chi connectivity index (χ4n) is 3.76. The molecule has 2 aromatic heterocycles. The molecular formula is C21H23ClN4O2. The molecule has 1 aromatic carbocycles. The first kappa shape index (κ1) is 18.8. The zero-order valence-electron chi connectivity index (χ0n) is 16.0. The van der Waals surface area contributed by atoms with Crippen LogP contribution >= 0.6 is 11.6 Å². The normalized spacial score (nSPS) is 15.9. The Bertz CT molecular complexity index is 959. The van der Waals surface area contributed by atoms with Gasteiger partial charge < -0.3 is 14.8 Å². The second kappa shape index (κ2) is 8.20. The van der Waals surface area contributed by atoms with Crippen LogP contribution in [0.15, 0.2) is 42.7 Å². The Balaban J connectivity index is 1.54. The van der Waals surface area contributed by atoms with E-state index in [2.05, 4.69) is 15.4 Å². The molecule has 0 aliphatic heterocycles. The molecule has 0 saturated heterocycles. The molecule has 0 spiro atoms. The van der Waals surface area contributed by atoms with Crippen LogP contribution in [0.3, 0.4) is 0 Å². The number of nitrogens with one attached hydrogen (secondary N) is 1. The number of benzene rings is 1. The van der Waals surface area contributed by atoms with Crippen LogP contribution in [-0.4, -0.2) is 29.0 Å². The number of aromatic nitrogens is 3. The molecule has 7 heteroatoms. The molecule has 4 rings (SSSR count). The van der Waals surface area contributed by atoms with Gasteiger partial charge in [-0.2, -0.15) is 5.10 Å². The Morgan fingerprint density at radius 2 is 2.14 bits per heavy atom. The minimum absolute atomic E-state index is 0.244. The van der Waals surface area contributed by atoms with Crippen LogP contribution in [0, 0.1) is 0 Å². The third kappa shape index (κ3) is 3.57. The molecule has 1 atom stereocenters. The van der Waals surface area contributed by atoms with Crippen molar-refractivity contribution in [1.29, 1.82) is 0 Å². The third-order valence-corrected chi connectivity index (χ3v) is 5.38. The average Bonchev–Trinajstić information content (AvgIpc) is 3.17. The van der Waals surface area contributed by atoms with Gasteiger partial charge in [0.1, 0.15) is 0 Å². The van der Waals surface area contributed by atoms with E-state index in [0.29, 0.717) is 23.1 Å². The van der Waals surface area contributed by atoms with Crippen molar-refractivity contribution in [3.8, 4) is 17.3 Å². The molecule has 6 nitrogen and oxygen atoms in total. The van der Waals surface area contributed by atoms with Crippen molar-refractivity contribution in [2.24, 2.45) is 0 Å². The first-order chi connectivity index (χ1) is 13.7. The highest BCUT2D eigenvalue weighted by molar-refractivity contribution is 6.32. The first-order valence-electron chi connectivity index (χ1n) is 9.33. The van der Waals surface area contributed by atoms with Crippen LogP contribution in [0.1, 0.15) is 35.7 Å². The van der Waals surface area contributed by atoms with E-state index in [4.69, 9.17) is 21.1 Å². The number of nitrogens with zero attached hydrogens (tertiary/aromatic N) is 3. The van der Waals surface area contributed by atoms with Crippen LogP contribution in [0.25, 0.3) is 5.82 Å². The van der Waals surface area contributed by atoms with Crippen LogP contribution in [0.4, 0.5) is 0 Å². The maximum atomic E-state index is 6.33. The van der Waals surface area contributed by atoms with Gasteiger partial charge in [0.2, 0.25) is 0 Å². The van der Waals surface area contributed by atoms with E-state index >= 15 is 0 Å². The lowest BCUT2D eigenvalue weighted by Gasteiger charge is -2.24. The zero-order chi connectivity index (χ0) is 19.5. The minimum atomic E-state index is 0.244. The quantitative estimate of drug-likeness (QED) is 0.677. The van der Waals surface area contributed by atoms with Gasteiger partial charge in [0.15, 0.2) is 17.3 Å². The summed E-state index contributed by atoms with van der Waals surface area (Å²) in [5, 5.41) is 8.79. The minimum Gasteiger partial charge on any atom is -0.493 e. The molecule has 1 unspecified atom stereocenters. The van der Waals surface area contributed by atoms with Gasteiger partial charge in [-0.25, -0.2) is 9.67 Å². The molecule has 0 fully saturated rings. The molecule has 0 bridgehead atoms. The summed E-state index contributed by atoms with van der Waals surface area (Å²) in [6.45, 7) is 0.680. The van der Waals surface area contributed by atoms with Crippen molar-refractivity contribution in [1.82, 2.24) is 20.1 Å². The topological polar surface area (TPSA) is 61.2 Å². The summed E-state index contributed by atoms with van der Waals surface area (Å²) in [5.74, 6) is 2.06. The molecule has 28 heavy (non-hydrogen) atoms. The Morgan fingerprint density at radius 3 is 2.89 bits per heavy atom. The number of rotatable bonds is 6. The molecule has 2 heterocycles. The van der Waals surface area contributed by atoms with Gasteiger partial charge in [0.05, 0.1) is 31.1 Å². The Labute approximate surface area is 169 Å². The third-order valence-electron chi connectivity index (χ3n) is 5.10. The first-order valence-corrected chi connectivity index (χ1v) is 9.71. The van der Waals surface area contributed by atoms with E-state index in [1.165, 1.54) is 11.3 Å². The number of pyridine rings is 1. The molecule has 1 aliphatic rings. The predicted octanol–water partition coefficient (Wildman–Crippen LogP) is 4.11. The smallest absolute Gasteiger partial charge is 0.179 e. The standard InChI is InChI=1S/C21H23ClN4O2/c1-27-19-11-14(10-16(22)21(19)28-2)12-24-17-6-5-7-18-15(17)13-25-26(18)20-8-3-4-9-23-20/h3-4,8-11,13,17,24H,5-7,12H2,1-2H3. The lowest BCUT2D eigenvalue weighted by molar-refractivity contribution is 0.354. The maximum Gasteiger partial charge on any atom is 0.179 e. The van der Waals surface area contributed by atoms with E-state index in [1.54, 1.807) is 20.4 Å². The maximum absolute atomic E-state index is 6.33. The van der Waals surface area contributed by atoms with Gasteiger partial charge in [-0.15, -0.1) is 0 Å². The molecule has 0 saturated carbocycles. The van der Waals surface area contributed by atoms with Crippen molar-refractivity contribution >= 4 is 11.6 Å². The monoisotopic (exact) mass is 398 g/mol. The van der Waals surface area contributed by atoms with E-state index in [9.17, 15) is 0 Å². The summed E-state index contributed by atoms with van der Waals surface area (Å²) in [5.41, 5.74) is 3.52. The molecule has 3 aromatic rings. The Kier molecular flexibility index (Phi) is 5.50. The highest BCUT2D eigenvalue weighted by Gasteiger charge is 2.25. The Morgan fingerprint density at radius 1 is 1.25 bits per heavy atom. The zero-order valence-corrected chi connectivity index (χ0v) is 16.7. The number of hydrogen-bond acceptors (Lipinski definition) is 5. The van der Waals surface area contributed by atoms with Gasteiger partial charge in [0.25, 0.3) is 0 Å². The van der Waals surface area contributed by atoms with Crippen molar-refractivity contribution in [3.05, 3.63) is 64.6 Å². The van der Waals surface area contributed by atoms with Gasteiger partial charge >= 0.3 is 0 Å². The average molecular weight is 399 g/mol. The molecule has 0 radical (unpaired) electrons. The predicted molar refractivity (Wildman–Crippen MR) is 108 cm³/mol. The number of hydrogen-bond donors (Lipinski definition) is 1. The summed E-state index contributed by atoms with van der Waals surface area (Å²) in [6, 6.07) is 9.99. The van der Waals surface area contributed by atoms with Gasteiger partial charge in [-0.3, -0.25) is 0 Å². The number of halogens is 1. The van der Waals surface area contributed by atoms with Crippen molar-refractivity contribution in [3.63, 3.8) is 0 Å². The summed E-state index contributed by atoms with van der Waals surface area (Å²) < 4.78 is 12.7. The van der Waals surface area contributed by atoms with Crippen molar-refractivity contribution in [2.75, 3.05) is 14.2 Å². The van der Waals surface area contributed by atoms with Gasteiger partial charge in [-0.1, -0.05) is 17.7 Å². The molecular weight excluding hydrogens is 376 g/mol. The fraction of sp³-hybridized carbons (Fsp3) is 0.333. The lowest BCUT2D eigenvalue weighted by Crippen LogP contribution is -2.25. The largest absolute Gasteiger partial charge is 0.493 e. The second-order valence-corrected chi connectivity index (χ2v) is 7.19. The molecule has 1 aliphatic carbocycles. The molecule has 0 amide bonds. The van der Waals surface area contributed by atoms with Crippen LogP contribution in [0.2, 0.25) is 5.02 Å². The molecule has 1 N–H and O–H groups in total. The highest BCUT2D eigenvalue weighted by Crippen LogP contribution is 2.36. The fourth-order valence-corrected chi connectivity index (χ4v) is 4.07. The van der Waals surface area contributed by atoms with Crippen molar-refractivity contribution in [2.45, 2.75) is 31.8 Å². The van der Waals surface area contributed by atoms with Crippen LogP contribution in [0.5, 0.6) is 11.5 Å². The van der Waals surface area contributed by atoms with E-state index in [-0.39, 0.29) is 6.04 Å². The number of ether oxygens (including phenoxy) is 2. The van der Waals surface area contributed by atoms with Gasteiger partial charge in [-0.05, 0) is 49.1 Å². The van der Waals surface area contributed by atoms with Gasteiger partial charge in [0, 0.05) is 24.3 Å².